The maximum absolute atomic E-state index is 11.5. The van der Waals surface area contributed by atoms with E-state index in [1.165, 1.54) is 7.11 Å². The molecule has 0 atom stereocenters. The fraction of sp³-hybridized carbons (Fsp3) is 0.467. The van der Waals surface area contributed by atoms with Crippen molar-refractivity contribution in [3.63, 3.8) is 0 Å². The molecule has 0 amide bonds. The SMILES string of the molecule is COC(=O)c1cccc(CSC2=NCC(C)(C)CN2)c1. The lowest BCUT2D eigenvalue weighted by atomic mass is 9.93. The van der Waals surface area contributed by atoms with Crippen LogP contribution in [0.15, 0.2) is 29.3 Å². The molecule has 0 aliphatic carbocycles. The number of carbonyl (C=O) groups is 1. The maximum Gasteiger partial charge on any atom is 0.337 e. The molecular formula is C15H20N2O2S. The van der Waals surface area contributed by atoms with Crippen LogP contribution in [-0.4, -0.2) is 31.3 Å². The molecule has 1 aromatic carbocycles. The van der Waals surface area contributed by atoms with E-state index < -0.39 is 0 Å². The minimum atomic E-state index is -0.299. The number of esters is 1. The first-order valence-corrected chi connectivity index (χ1v) is 7.57. The summed E-state index contributed by atoms with van der Waals surface area (Å²) in [5.41, 5.74) is 1.91. The molecule has 0 saturated carbocycles. The van der Waals surface area contributed by atoms with Gasteiger partial charge in [-0.2, -0.15) is 0 Å². The Hall–Kier alpha value is -1.49. The van der Waals surface area contributed by atoms with E-state index in [9.17, 15) is 4.79 Å². The Labute approximate surface area is 124 Å². The van der Waals surface area contributed by atoms with Crippen molar-refractivity contribution in [2.45, 2.75) is 19.6 Å². The van der Waals surface area contributed by atoms with Gasteiger partial charge in [-0.15, -0.1) is 0 Å². The molecule has 5 heteroatoms. The first-order valence-electron chi connectivity index (χ1n) is 6.58. The molecule has 0 radical (unpaired) electrons. The number of benzene rings is 1. The van der Waals surface area contributed by atoms with Crippen LogP contribution >= 0.6 is 11.8 Å². The number of thioether (sulfide) groups is 1. The summed E-state index contributed by atoms with van der Waals surface area (Å²) in [4.78, 5) is 16.0. The summed E-state index contributed by atoms with van der Waals surface area (Å²) >= 11 is 1.67. The zero-order chi connectivity index (χ0) is 14.6. The first kappa shape index (κ1) is 14.9. The van der Waals surface area contributed by atoms with Gasteiger partial charge >= 0.3 is 5.97 Å². The lowest BCUT2D eigenvalue weighted by Gasteiger charge is -2.28. The monoisotopic (exact) mass is 292 g/mol. The average molecular weight is 292 g/mol. The predicted octanol–water partition coefficient (Wildman–Crippen LogP) is 2.69. The normalized spacial score (nSPS) is 17.1. The fourth-order valence-corrected chi connectivity index (χ4v) is 2.68. The van der Waals surface area contributed by atoms with Crippen molar-refractivity contribution < 1.29 is 9.53 Å². The van der Waals surface area contributed by atoms with Crippen molar-refractivity contribution in [2.24, 2.45) is 10.4 Å². The molecule has 4 nitrogen and oxygen atoms in total. The lowest BCUT2D eigenvalue weighted by molar-refractivity contribution is 0.0600. The molecule has 1 aliphatic rings. The molecule has 1 aliphatic heterocycles. The van der Waals surface area contributed by atoms with Gasteiger partial charge in [0, 0.05) is 24.3 Å². The summed E-state index contributed by atoms with van der Waals surface area (Å²) in [5, 5.41) is 4.33. The van der Waals surface area contributed by atoms with Crippen LogP contribution in [0.25, 0.3) is 0 Å². The highest BCUT2D eigenvalue weighted by Gasteiger charge is 2.22. The Kier molecular flexibility index (Phi) is 4.70. The van der Waals surface area contributed by atoms with Crippen molar-refractivity contribution >= 4 is 22.9 Å². The van der Waals surface area contributed by atoms with Gasteiger partial charge < -0.3 is 10.1 Å². The smallest absolute Gasteiger partial charge is 0.337 e. The van der Waals surface area contributed by atoms with Crippen LogP contribution < -0.4 is 5.32 Å². The second-order valence-electron chi connectivity index (χ2n) is 5.62. The molecular weight excluding hydrogens is 272 g/mol. The van der Waals surface area contributed by atoms with Crippen LogP contribution in [0.3, 0.4) is 0 Å². The third kappa shape index (κ3) is 4.00. The van der Waals surface area contributed by atoms with E-state index in [1.54, 1.807) is 17.8 Å². The lowest BCUT2D eigenvalue weighted by Crippen LogP contribution is -2.39. The molecule has 1 aromatic rings. The average Bonchev–Trinajstić information content (AvgIpc) is 2.45. The van der Waals surface area contributed by atoms with Crippen molar-refractivity contribution in [1.82, 2.24) is 5.32 Å². The molecule has 0 bridgehead atoms. The summed E-state index contributed by atoms with van der Waals surface area (Å²) in [7, 11) is 1.40. The number of nitrogens with zero attached hydrogens (tertiary/aromatic N) is 1. The van der Waals surface area contributed by atoms with E-state index in [-0.39, 0.29) is 11.4 Å². The van der Waals surface area contributed by atoms with Gasteiger partial charge in [0.2, 0.25) is 0 Å². The van der Waals surface area contributed by atoms with Crippen molar-refractivity contribution in [3.8, 4) is 0 Å². The van der Waals surface area contributed by atoms with E-state index in [0.29, 0.717) is 5.56 Å². The van der Waals surface area contributed by atoms with Crippen molar-refractivity contribution in [2.75, 3.05) is 20.2 Å². The van der Waals surface area contributed by atoms with E-state index in [0.717, 1.165) is 29.6 Å². The Balaban J connectivity index is 1.95. The van der Waals surface area contributed by atoms with Crippen LogP contribution in [0.1, 0.15) is 29.8 Å². The first-order chi connectivity index (χ1) is 9.50. The molecule has 0 aromatic heterocycles. The third-order valence-electron chi connectivity index (χ3n) is 3.09. The topological polar surface area (TPSA) is 50.7 Å². The minimum Gasteiger partial charge on any atom is -0.465 e. The maximum atomic E-state index is 11.5. The van der Waals surface area contributed by atoms with Gasteiger partial charge in [-0.25, -0.2) is 4.79 Å². The summed E-state index contributed by atoms with van der Waals surface area (Å²) in [5.74, 6) is 0.489. The zero-order valence-electron chi connectivity index (χ0n) is 12.1. The molecule has 20 heavy (non-hydrogen) atoms. The highest BCUT2D eigenvalue weighted by Crippen LogP contribution is 2.21. The number of aliphatic imine (C=N–C) groups is 1. The van der Waals surface area contributed by atoms with E-state index in [2.05, 4.69) is 24.2 Å². The van der Waals surface area contributed by atoms with Crippen molar-refractivity contribution in [3.05, 3.63) is 35.4 Å². The number of nitrogens with one attached hydrogen (secondary N) is 1. The molecule has 0 unspecified atom stereocenters. The predicted molar refractivity (Wildman–Crippen MR) is 83.2 cm³/mol. The van der Waals surface area contributed by atoms with Gasteiger partial charge in [-0.3, -0.25) is 4.99 Å². The largest absolute Gasteiger partial charge is 0.465 e. The second-order valence-corrected chi connectivity index (χ2v) is 6.58. The Morgan fingerprint density at radius 3 is 2.95 bits per heavy atom. The molecule has 2 rings (SSSR count). The quantitative estimate of drug-likeness (QED) is 0.870. The van der Waals surface area contributed by atoms with Gasteiger partial charge in [-0.1, -0.05) is 37.7 Å². The number of ether oxygens (including phenoxy) is 1. The second kappa shape index (κ2) is 6.31. The zero-order valence-corrected chi connectivity index (χ0v) is 12.9. The number of methoxy groups -OCH3 is 1. The van der Waals surface area contributed by atoms with Crippen LogP contribution in [0.5, 0.6) is 0 Å². The molecule has 1 N–H and O–H groups in total. The van der Waals surface area contributed by atoms with Crippen LogP contribution in [-0.2, 0) is 10.5 Å². The van der Waals surface area contributed by atoms with E-state index in [4.69, 9.17) is 4.74 Å². The van der Waals surface area contributed by atoms with Gasteiger partial charge in [0.15, 0.2) is 5.17 Å². The summed E-state index contributed by atoms with van der Waals surface area (Å²) in [6.07, 6.45) is 0. The van der Waals surface area contributed by atoms with Gasteiger partial charge in [-0.05, 0) is 17.7 Å². The highest BCUT2D eigenvalue weighted by molar-refractivity contribution is 8.13. The Bertz CT molecular complexity index is 526. The summed E-state index contributed by atoms with van der Waals surface area (Å²) < 4.78 is 4.73. The number of carbonyl (C=O) groups excluding carboxylic acids is 1. The molecule has 0 fully saturated rings. The van der Waals surface area contributed by atoms with Crippen LogP contribution in [0.4, 0.5) is 0 Å². The molecule has 0 saturated heterocycles. The van der Waals surface area contributed by atoms with E-state index >= 15 is 0 Å². The summed E-state index contributed by atoms with van der Waals surface area (Å²) in [6.45, 7) is 6.20. The standard InChI is InChI=1S/C15H20N2O2S/c1-15(2)9-16-14(17-10-15)20-8-11-5-4-6-12(7-11)13(18)19-3/h4-7H,8-10H2,1-3H3,(H,16,17). The number of hydrogen-bond acceptors (Lipinski definition) is 5. The summed E-state index contributed by atoms with van der Waals surface area (Å²) in [6, 6.07) is 7.51. The molecule has 0 spiro atoms. The Morgan fingerprint density at radius 1 is 1.50 bits per heavy atom. The van der Waals surface area contributed by atoms with Gasteiger partial charge in [0.25, 0.3) is 0 Å². The van der Waals surface area contributed by atoms with Gasteiger partial charge in [0.1, 0.15) is 0 Å². The molecule has 108 valence electrons. The van der Waals surface area contributed by atoms with Gasteiger partial charge in [0.05, 0.1) is 12.7 Å². The van der Waals surface area contributed by atoms with E-state index in [1.807, 2.05) is 18.2 Å². The third-order valence-corrected chi connectivity index (χ3v) is 4.12. The molecule has 1 heterocycles. The number of hydrogen-bond donors (Lipinski definition) is 1. The number of rotatable bonds is 3. The minimum absolute atomic E-state index is 0.231. The van der Waals surface area contributed by atoms with Crippen molar-refractivity contribution in [1.29, 1.82) is 0 Å². The van der Waals surface area contributed by atoms with Crippen LogP contribution in [0, 0.1) is 5.41 Å². The highest BCUT2D eigenvalue weighted by atomic mass is 32.2. The van der Waals surface area contributed by atoms with Crippen LogP contribution in [0.2, 0.25) is 0 Å². The number of amidine groups is 1. The Morgan fingerprint density at radius 2 is 2.30 bits per heavy atom. The fourth-order valence-electron chi connectivity index (χ4n) is 1.87.